The maximum Gasteiger partial charge on any atom is 0.0131 e. The summed E-state index contributed by atoms with van der Waals surface area (Å²) in [5, 5.41) is 0. The highest BCUT2D eigenvalue weighted by atomic mass is 14.6. The van der Waals surface area contributed by atoms with Crippen molar-refractivity contribution in [3.8, 4) is 0 Å². The summed E-state index contributed by atoms with van der Waals surface area (Å²) in [5.41, 5.74) is 4.42. The summed E-state index contributed by atoms with van der Waals surface area (Å²) in [6.45, 7) is 10.0. The Morgan fingerprint density at radius 1 is 1.13 bits per heavy atom. The third-order valence-corrected chi connectivity index (χ3v) is 8.45. The monoisotopic (exact) mass is 310 g/mol. The molecule has 0 heteroatoms. The molecule has 0 aromatic carbocycles. The van der Waals surface area contributed by atoms with E-state index in [1.54, 1.807) is 5.57 Å². The van der Waals surface area contributed by atoms with Gasteiger partial charge in [-0.3, -0.25) is 0 Å². The van der Waals surface area contributed by atoms with Crippen molar-refractivity contribution in [1.82, 2.24) is 0 Å². The van der Waals surface area contributed by atoms with Crippen LogP contribution >= 0.6 is 0 Å². The SMILES string of the molecule is CCC(C)C1CCC2C3=CC=C4CCC=CC4(C)C3CCC21C. The molecular weight excluding hydrogens is 276 g/mol. The first-order valence-corrected chi connectivity index (χ1v) is 10.1. The molecule has 0 aromatic rings. The van der Waals surface area contributed by atoms with Crippen LogP contribution in [0.15, 0.2) is 35.5 Å². The minimum atomic E-state index is 0.331. The Bertz CT molecular complexity index is 577. The van der Waals surface area contributed by atoms with Gasteiger partial charge in [-0.1, -0.05) is 69.6 Å². The van der Waals surface area contributed by atoms with Gasteiger partial charge in [0.05, 0.1) is 0 Å². The van der Waals surface area contributed by atoms with Crippen LogP contribution in [0.3, 0.4) is 0 Å². The van der Waals surface area contributed by atoms with Crippen molar-refractivity contribution in [2.45, 2.75) is 72.6 Å². The first kappa shape index (κ1) is 15.7. The van der Waals surface area contributed by atoms with Crippen LogP contribution in [0.4, 0.5) is 0 Å². The van der Waals surface area contributed by atoms with Gasteiger partial charge in [-0.25, -0.2) is 0 Å². The van der Waals surface area contributed by atoms with E-state index >= 15 is 0 Å². The summed E-state index contributed by atoms with van der Waals surface area (Å²) in [4.78, 5) is 0. The molecule has 0 N–H and O–H groups in total. The van der Waals surface area contributed by atoms with Crippen LogP contribution in [0.1, 0.15) is 72.6 Å². The van der Waals surface area contributed by atoms with E-state index in [2.05, 4.69) is 52.0 Å². The topological polar surface area (TPSA) is 0 Å². The number of hydrogen-bond acceptors (Lipinski definition) is 0. The first-order valence-electron chi connectivity index (χ1n) is 10.1. The van der Waals surface area contributed by atoms with Crippen LogP contribution in [-0.2, 0) is 0 Å². The summed E-state index contributed by atoms with van der Waals surface area (Å²) in [6.07, 6.45) is 19.7. The van der Waals surface area contributed by atoms with Crippen LogP contribution < -0.4 is 0 Å². The number of hydrogen-bond donors (Lipinski definition) is 0. The summed E-state index contributed by atoms with van der Waals surface area (Å²) in [5.74, 6) is 3.47. The van der Waals surface area contributed by atoms with E-state index in [0.29, 0.717) is 10.8 Å². The van der Waals surface area contributed by atoms with E-state index in [4.69, 9.17) is 0 Å². The molecule has 0 nitrogen and oxygen atoms in total. The number of allylic oxidation sites excluding steroid dienone is 6. The van der Waals surface area contributed by atoms with Gasteiger partial charge in [0.15, 0.2) is 0 Å². The highest BCUT2D eigenvalue weighted by Crippen LogP contribution is 2.65. The van der Waals surface area contributed by atoms with E-state index < -0.39 is 0 Å². The lowest BCUT2D eigenvalue weighted by atomic mass is 9.51. The Kier molecular flexibility index (Phi) is 3.67. The maximum absolute atomic E-state index is 2.64. The van der Waals surface area contributed by atoms with Crippen LogP contribution in [0, 0.1) is 34.5 Å². The van der Waals surface area contributed by atoms with Gasteiger partial charge in [0.1, 0.15) is 0 Å². The molecule has 2 saturated carbocycles. The molecule has 0 saturated heterocycles. The zero-order chi connectivity index (χ0) is 16.2. The second-order valence-electron chi connectivity index (χ2n) is 9.30. The van der Waals surface area contributed by atoms with Gasteiger partial charge in [0, 0.05) is 5.41 Å². The molecule has 0 aromatic heterocycles. The molecule has 23 heavy (non-hydrogen) atoms. The maximum atomic E-state index is 2.64. The molecule has 4 aliphatic carbocycles. The Morgan fingerprint density at radius 2 is 1.96 bits per heavy atom. The Balaban J connectivity index is 1.71. The minimum Gasteiger partial charge on any atom is -0.0873 e. The van der Waals surface area contributed by atoms with E-state index in [0.717, 1.165) is 23.7 Å². The van der Waals surface area contributed by atoms with Crippen LogP contribution in [0.5, 0.6) is 0 Å². The summed E-state index contributed by atoms with van der Waals surface area (Å²) in [6, 6.07) is 0. The summed E-state index contributed by atoms with van der Waals surface area (Å²) < 4.78 is 0. The third-order valence-electron chi connectivity index (χ3n) is 8.45. The molecule has 0 bridgehead atoms. The molecule has 4 rings (SSSR count). The quantitative estimate of drug-likeness (QED) is 0.498. The Morgan fingerprint density at radius 3 is 2.74 bits per heavy atom. The number of fused-ring (bicyclic) bond motifs is 5. The molecule has 6 atom stereocenters. The highest BCUT2D eigenvalue weighted by molar-refractivity contribution is 5.42. The van der Waals surface area contributed by atoms with E-state index in [9.17, 15) is 0 Å². The fourth-order valence-corrected chi connectivity index (χ4v) is 6.88. The van der Waals surface area contributed by atoms with Gasteiger partial charge in [-0.15, -0.1) is 0 Å². The van der Waals surface area contributed by atoms with Crippen molar-refractivity contribution < 1.29 is 0 Å². The first-order chi connectivity index (χ1) is 11.0. The van der Waals surface area contributed by atoms with Crippen molar-refractivity contribution in [3.05, 3.63) is 35.5 Å². The molecule has 0 heterocycles. The standard InChI is InChI=1S/C23H34/c1-5-16(2)19-11-12-20-18-10-9-17-8-6-7-14-22(17,3)21(18)13-15-23(19,20)4/h7,9-10,14,16,19-21H,5-6,8,11-13,15H2,1-4H3. The highest BCUT2D eigenvalue weighted by Gasteiger charge is 2.55. The van der Waals surface area contributed by atoms with E-state index in [1.807, 2.05) is 5.57 Å². The fourth-order valence-electron chi connectivity index (χ4n) is 6.88. The molecule has 126 valence electrons. The Labute approximate surface area is 143 Å². The van der Waals surface area contributed by atoms with Gasteiger partial charge < -0.3 is 0 Å². The van der Waals surface area contributed by atoms with Crippen molar-refractivity contribution in [1.29, 1.82) is 0 Å². The molecular formula is C23H34. The van der Waals surface area contributed by atoms with Crippen molar-refractivity contribution in [2.24, 2.45) is 34.5 Å². The van der Waals surface area contributed by atoms with Crippen molar-refractivity contribution in [3.63, 3.8) is 0 Å². The van der Waals surface area contributed by atoms with Gasteiger partial charge in [-0.2, -0.15) is 0 Å². The number of rotatable bonds is 2. The lowest BCUT2D eigenvalue weighted by molar-refractivity contribution is 0.0635. The fraction of sp³-hybridized carbons (Fsp3) is 0.739. The van der Waals surface area contributed by atoms with Crippen molar-refractivity contribution in [2.75, 3.05) is 0 Å². The minimum absolute atomic E-state index is 0.331. The second kappa shape index (κ2) is 5.36. The zero-order valence-corrected chi connectivity index (χ0v) is 15.6. The average molecular weight is 311 g/mol. The lowest BCUT2D eigenvalue weighted by Gasteiger charge is -2.53. The normalized spacial score (nSPS) is 46.3. The third kappa shape index (κ3) is 2.09. The smallest absolute Gasteiger partial charge is 0.0131 e. The average Bonchev–Trinajstić information content (AvgIpc) is 2.91. The van der Waals surface area contributed by atoms with Crippen LogP contribution in [0.25, 0.3) is 0 Å². The molecule has 2 fully saturated rings. The van der Waals surface area contributed by atoms with Crippen LogP contribution in [-0.4, -0.2) is 0 Å². The van der Waals surface area contributed by atoms with Gasteiger partial charge in [-0.05, 0) is 67.6 Å². The largest absolute Gasteiger partial charge is 0.0873 e. The molecule has 0 aliphatic heterocycles. The molecule has 6 unspecified atom stereocenters. The molecule has 0 radical (unpaired) electrons. The van der Waals surface area contributed by atoms with Gasteiger partial charge in [0.25, 0.3) is 0 Å². The second-order valence-corrected chi connectivity index (χ2v) is 9.30. The van der Waals surface area contributed by atoms with Gasteiger partial charge in [0.2, 0.25) is 0 Å². The van der Waals surface area contributed by atoms with E-state index in [-0.39, 0.29) is 0 Å². The molecule has 0 amide bonds. The van der Waals surface area contributed by atoms with E-state index in [1.165, 1.54) is 44.9 Å². The van der Waals surface area contributed by atoms with Crippen LogP contribution in [0.2, 0.25) is 0 Å². The predicted molar refractivity (Wildman–Crippen MR) is 99.1 cm³/mol. The molecule has 0 spiro atoms. The predicted octanol–water partition coefficient (Wildman–Crippen LogP) is 6.70. The zero-order valence-electron chi connectivity index (χ0n) is 15.6. The van der Waals surface area contributed by atoms with Crippen molar-refractivity contribution >= 4 is 0 Å². The molecule has 4 aliphatic rings. The van der Waals surface area contributed by atoms with Gasteiger partial charge >= 0.3 is 0 Å². The summed E-state index contributed by atoms with van der Waals surface area (Å²) >= 11 is 0. The summed E-state index contributed by atoms with van der Waals surface area (Å²) in [7, 11) is 0. The Hall–Kier alpha value is -0.780. The lowest BCUT2D eigenvalue weighted by Crippen LogP contribution is -2.44.